The molecular weight excluding hydrogens is 324 g/mol. The first-order valence-electron chi connectivity index (χ1n) is 8.21. The summed E-state index contributed by atoms with van der Waals surface area (Å²) in [5.41, 5.74) is 0.200. The molecular formula is C18H28N2O5. The van der Waals surface area contributed by atoms with Crippen molar-refractivity contribution in [3.05, 3.63) is 29.8 Å². The van der Waals surface area contributed by atoms with E-state index in [0.29, 0.717) is 5.75 Å². The van der Waals surface area contributed by atoms with Crippen molar-refractivity contribution in [2.75, 3.05) is 13.7 Å². The van der Waals surface area contributed by atoms with Gasteiger partial charge in [0.1, 0.15) is 17.4 Å². The van der Waals surface area contributed by atoms with Crippen molar-refractivity contribution in [2.24, 2.45) is 0 Å². The van der Waals surface area contributed by atoms with Crippen LogP contribution < -0.4 is 15.4 Å². The van der Waals surface area contributed by atoms with Gasteiger partial charge in [-0.15, -0.1) is 0 Å². The van der Waals surface area contributed by atoms with Gasteiger partial charge in [-0.3, -0.25) is 4.79 Å². The molecule has 0 radical (unpaired) electrons. The third-order valence-electron chi connectivity index (χ3n) is 3.38. The normalized spacial score (nSPS) is 13.5. The molecule has 7 nitrogen and oxygen atoms in total. The number of alkyl carbamates (subject to hydrolysis) is 1. The average molecular weight is 352 g/mol. The highest BCUT2D eigenvalue weighted by atomic mass is 16.6. The zero-order valence-electron chi connectivity index (χ0n) is 15.5. The van der Waals surface area contributed by atoms with Crippen LogP contribution in [0.15, 0.2) is 24.3 Å². The number of nitrogens with one attached hydrogen (secondary N) is 2. The van der Waals surface area contributed by atoms with Crippen LogP contribution in [0.4, 0.5) is 4.79 Å². The zero-order valence-corrected chi connectivity index (χ0v) is 15.5. The van der Waals surface area contributed by atoms with Gasteiger partial charge >= 0.3 is 6.09 Å². The Bertz CT molecular complexity index is 583. The second-order valence-corrected chi connectivity index (χ2v) is 6.72. The monoisotopic (exact) mass is 352 g/mol. The van der Waals surface area contributed by atoms with Gasteiger partial charge in [0, 0.05) is 6.61 Å². The van der Waals surface area contributed by atoms with E-state index in [1.54, 1.807) is 27.9 Å². The van der Waals surface area contributed by atoms with Crippen molar-refractivity contribution >= 4 is 12.0 Å². The lowest BCUT2D eigenvalue weighted by atomic mass is 10.1. The Labute approximate surface area is 148 Å². The Kier molecular flexibility index (Phi) is 7.70. The molecule has 0 aliphatic rings. The maximum atomic E-state index is 12.4. The number of aliphatic hydroxyl groups excluding tert-OH is 1. The van der Waals surface area contributed by atoms with Crippen LogP contribution in [0.3, 0.4) is 0 Å². The van der Waals surface area contributed by atoms with Crippen LogP contribution >= 0.6 is 0 Å². The summed E-state index contributed by atoms with van der Waals surface area (Å²) in [6, 6.07) is 6.18. The van der Waals surface area contributed by atoms with Crippen LogP contribution in [0, 0.1) is 0 Å². The molecule has 0 bridgehead atoms. The van der Waals surface area contributed by atoms with Crippen molar-refractivity contribution < 1.29 is 24.2 Å². The van der Waals surface area contributed by atoms with Crippen LogP contribution in [0.1, 0.15) is 45.7 Å². The van der Waals surface area contributed by atoms with Gasteiger partial charge in [0.2, 0.25) is 5.91 Å². The van der Waals surface area contributed by atoms with Crippen molar-refractivity contribution in [3.63, 3.8) is 0 Å². The molecule has 0 saturated heterocycles. The Morgan fingerprint density at radius 2 is 1.92 bits per heavy atom. The molecule has 0 saturated carbocycles. The number of rotatable bonds is 7. The van der Waals surface area contributed by atoms with Gasteiger partial charge in [0.25, 0.3) is 0 Å². The van der Waals surface area contributed by atoms with E-state index in [4.69, 9.17) is 14.6 Å². The fourth-order valence-electron chi connectivity index (χ4n) is 2.16. The van der Waals surface area contributed by atoms with E-state index in [2.05, 4.69) is 10.6 Å². The highest BCUT2D eigenvalue weighted by Crippen LogP contribution is 2.19. The number of methoxy groups -OCH3 is 1. The minimum Gasteiger partial charge on any atom is -0.497 e. The molecule has 1 aromatic rings. The number of ether oxygens (including phenoxy) is 2. The number of carbonyl (C=O) groups excluding carboxylic acids is 2. The first kappa shape index (κ1) is 20.8. The number of carbonyl (C=O) groups is 2. The van der Waals surface area contributed by atoms with Crippen LogP contribution in [0.2, 0.25) is 0 Å². The van der Waals surface area contributed by atoms with Crippen LogP contribution in [0.25, 0.3) is 0 Å². The first-order valence-corrected chi connectivity index (χ1v) is 8.21. The number of amides is 2. The predicted molar refractivity (Wildman–Crippen MR) is 94.4 cm³/mol. The molecule has 25 heavy (non-hydrogen) atoms. The quantitative estimate of drug-likeness (QED) is 0.699. The first-order chi connectivity index (χ1) is 11.7. The molecule has 3 N–H and O–H groups in total. The lowest BCUT2D eigenvalue weighted by Gasteiger charge is -2.24. The van der Waals surface area contributed by atoms with Gasteiger partial charge in [-0.1, -0.05) is 12.1 Å². The maximum absolute atomic E-state index is 12.4. The minimum atomic E-state index is -0.882. The van der Waals surface area contributed by atoms with E-state index in [9.17, 15) is 9.59 Å². The van der Waals surface area contributed by atoms with Crippen LogP contribution in [-0.4, -0.2) is 42.5 Å². The molecule has 0 aliphatic carbocycles. The van der Waals surface area contributed by atoms with Gasteiger partial charge in [-0.05, 0) is 51.8 Å². The van der Waals surface area contributed by atoms with Crippen LogP contribution in [0.5, 0.6) is 5.75 Å². The Balaban J connectivity index is 2.73. The molecule has 1 aromatic carbocycles. The zero-order chi connectivity index (χ0) is 19.0. The largest absolute Gasteiger partial charge is 0.497 e. The standard InChI is InChI=1S/C18H28N2O5/c1-12(13-7-6-8-14(11-13)24-5)19-16(22)15(9-10-21)20-17(23)25-18(2,3)4/h6-8,11-12,15,21H,9-10H2,1-5H3,(H,19,22)(H,20,23)/t12-,15?/m1/s1. The lowest BCUT2D eigenvalue weighted by Crippen LogP contribution is -2.49. The van der Waals surface area contributed by atoms with Crippen molar-refractivity contribution in [2.45, 2.75) is 51.8 Å². The highest BCUT2D eigenvalue weighted by molar-refractivity contribution is 5.86. The summed E-state index contributed by atoms with van der Waals surface area (Å²) in [5.74, 6) is 0.299. The SMILES string of the molecule is COc1cccc([C@@H](C)NC(=O)C(CCO)NC(=O)OC(C)(C)C)c1. The van der Waals surface area contributed by atoms with Gasteiger partial charge < -0.3 is 25.2 Å². The van der Waals surface area contributed by atoms with E-state index in [-0.39, 0.29) is 19.1 Å². The fourth-order valence-corrected chi connectivity index (χ4v) is 2.16. The van der Waals surface area contributed by atoms with E-state index in [1.165, 1.54) is 0 Å². The summed E-state index contributed by atoms with van der Waals surface area (Å²) in [6.45, 7) is 6.80. The Morgan fingerprint density at radius 1 is 1.24 bits per heavy atom. The summed E-state index contributed by atoms with van der Waals surface area (Å²) in [4.78, 5) is 24.3. The molecule has 0 aromatic heterocycles. The van der Waals surface area contributed by atoms with E-state index in [0.717, 1.165) is 5.56 Å². The van der Waals surface area contributed by atoms with Gasteiger partial charge in [-0.2, -0.15) is 0 Å². The summed E-state index contributed by atoms with van der Waals surface area (Å²) < 4.78 is 10.3. The summed E-state index contributed by atoms with van der Waals surface area (Å²) >= 11 is 0. The molecule has 0 aliphatic heterocycles. The van der Waals surface area contributed by atoms with Crippen molar-refractivity contribution in [1.82, 2.24) is 10.6 Å². The molecule has 1 unspecified atom stereocenters. The number of hydrogen-bond acceptors (Lipinski definition) is 5. The topological polar surface area (TPSA) is 96.9 Å². The Hall–Kier alpha value is -2.28. The third kappa shape index (κ3) is 7.43. The average Bonchev–Trinajstić information content (AvgIpc) is 2.52. The van der Waals surface area contributed by atoms with Crippen LogP contribution in [-0.2, 0) is 9.53 Å². The molecule has 2 atom stereocenters. The number of benzene rings is 1. The summed E-state index contributed by atoms with van der Waals surface area (Å²) in [5, 5.41) is 14.5. The number of aliphatic hydroxyl groups is 1. The minimum absolute atomic E-state index is 0.0932. The molecule has 7 heteroatoms. The fraction of sp³-hybridized carbons (Fsp3) is 0.556. The maximum Gasteiger partial charge on any atom is 0.408 e. The smallest absolute Gasteiger partial charge is 0.408 e. The van der Waals surface area contributed by atoms with Crippen molar-refractivity contribution in [3.8, 4) is 5.75 Å². The lowest BCUT2D eigenvalue weighted by molar-refractivity contribution is -0.124. The molecule has 140 valence electrons. The van der Waals surface area contributed by atoms with Crippen molar-refractivity contribution in [1.29, 1.82) is 0 Å². The molecule has 0 fully saturated rings. The molecule has 2 amide bonds. The van der Waals surface area contributed by atoms with E-state index < -0.39 is 23.6 Å². The predicted octanol–water partition coefficient (Wildman–Crippen LogP) is 2.15. The van der Waals surface area contributed by atoms with Gasteiger partial charge in [0.15, 0.2) is 0 Å². The van der Waals surface area contributed by atoms with Gasteiger partial charge in [0.05, 0.1) is 13.2 Å². The molecule has 1 rings (SSSR count). The van der Waals surface area contributed by atoms with E-state index >= 15 is 0 Å². The second-order valence-electron chi connectivity index (χ2n) is 6.72. The third-order valence-corrected chi connectivity index (χ3v) is 3.38. The second kappa shape index (κ2) is 9.27. The molecule has 0 heterocycles. The van der Waals surface area contributed by atoms with Gasteiger partial charge in [-0.25, -0.2) is 4.79 Å². The highest BCUT2D eigenvalue weighted by Gasteiger charge is 2.25. The van der Waals surface area contributed by atoms with E-state index in [1.807, 2.05) is 31.2 Å². The summed E-state index contributed by atoms with van der Waals surface area (Å²) in [7, 11) is 1.57. The Morgan fingerprint density at radius 3 is 2.48 bits per heavy atom. The number of hydrogen-bond donors (Lipinski definition) is 3. The molecule has 0 spiro atoms. The summed E-state index contributed by atoms with van der Waals surface area (Å²) in [6.07, 6.45) is -0.606.